The smallest absolute Gasteiger partial charge is 0.0480 e. The van der Waals surface area contributed by atoms with Crippen LogP contribution >= 0.6 is 22.6 Å². The number of hydrogen-bond acceptors (Lipinski definition) is 0. The van der Waals surface area contributed by atoms with Gasteiger partial charge in [-0.3, -0.25) is 0 Å². The number of fused-ring (bicyclic) bond motifs is 1. The molecule has 0 N–H and O–H groups in total. The van der Waals surface area contributed by atoms with Crippen molar-refractivity contribution in [3.63, 3.8) is 0 Å². The number of benzene rings is 3. The fraction of sp³-hybridized carbons (Fsp3) is 0.130. The highest BCUT2D eigenvalue weighted by molar-refractivity contribution is 14.1. The van der Waals surface area contributed by atoms with E-state index < -0.39 is 0 Å². The molecule has 2 heteroatoms. The van der Waals surface area contributed by atoms with E-state index in [4.69, 9.17) is 0 Å². The van der Waals surface area contributed by atoms with Crippen LogP contribution in [-0.4, -0.2) is 4.57 Å². The molecule has 1 atom stereocenters. The maximum absolute atomic E-state index is 2.37. The highest BCUT2D eigenvalue weighted by Crippen LogP contribution is 2.32. The summed E-state index contributed by atoms with van der Waals surface area (Å²) in [5.74, 6) is 0.365. The number of aromatic nitrogens is 1. The molecule has 25 heavy (non-hydrogen) atoms. The predicted molar refractivity (Wildman–Crippen MR) is 114 cm³/mol. The molecule has 0 radical (unpaired) electrons. The minimum atomic E-state index is 0.365. The fourth-order valence-electron chi connectivity index (χ4n) is 3.62. The topological polar surface area (TPSA) is 4.93 Å². The van der Waals surface area contributed by atoms with Crippen molar-refractivity contribution in [3.05, 3.63) is 105 Å². The molecule has 0 amide bonds. The number of nitrogens with zero attached hydrogens (tertiary/aromatic N) is 1. The Balaban J connectivity index is 1.79. The SMILES string of the molecule is Cn1cc(CC(c2ccccc2)c2ccc(I)cc2)c2ccccc21. The van der Waals surface area contributed by atoms with Crippen LogP contribution in [0.4, 0.5) is 0 Å². The van der Waals surface area contributed by atoms with Crippen LogP contribution in [-0.2, 0) is 13.5 Å². The molecule has 0 aliphatic carbocycles. The van der Waals surface area contributed by atoms with E-state index in [2.05, 4.69) is 119 Å². The summed E-state index contributed by atoms with van der Waals surface area (Å²) < 4.78 is 3.51. The Morgan fingerprint density at radius 3 is 2.20 bits per heavy atom. The van der Waals surface area contributed by atoms with Gasteiger partial charge in [0.05, 0.1) is 0 Å². The number of halogens is 1. The van der Waals surface area contributed by atoms with Gasteiger partial charge in [0.2, 0.25) is 0 Å². The Kier molecular flexibility index (Phi) is 4.62. The third-order valence-corrected chi connectivity index (χ3v) is 5.60. The van der Waals surface area contributed by atoms with Gasteiger partial charge in [-0.05, 0) is 63.9 Å². The molecule has 0 saturated heterocycles. The zero-order valence-electron chi connectivity index (χ0n) is 14.2. The molecule has 3 aromatic carbocycles. The molecule has 0 aliphatic rings. The van der Waals surface area contributed by atoms with Crippen LogP contribution in [0.15, 0.2) is 85.1 Å². The maximum Gasteiger partial charge on any atom is 0.0480 e. The first kappa shape index (κ1) is 16.4. The van der Waals surface area contributed by atoms with Gasteiger partial charge in [-0.25, -0.2) is 0 Å². The fourth-order valence-corrected chi connectivity index (χ4v) is 3.98. The van der Waals surface area contributed by atoms with Gasteiger partial charge >= 0.3 is 0 Å². The van der Waals surface area contributed by atoms with Gasteiger partial charge in [-0.1, -0.05) is 60.7 Å². The Morgan fingerprint density at radius 2 is 1.44 bits per heavy atom. The van der Waals surface area contributed by atoms with Gasteiger partial charge in [-0.2, -0.15) is 0 Å². The van der Waals surface area contributed by atoms with Crippen molar-refractivity contribution in [2.24, 2.45) is 7.05 Å². The Hall–Kier alpha value is -2.07. The molecule has 1 aromatic heterocycles. The summed E-state index contributed by atoms with van der Waals surface area (Å²) in [4.78, 5) is 0. The van der Waals surface area contributed by atoms with E-state index in [-0.39, 0.29) is 0 Å². The van der Waals surface area contributed by atoms with Gasteiger partial charge in [0.15, 0.2) is 0 Å². The normalized spacial score (nSPS) is 12.4. The Labute approximate surface area is 162 Å². The number of para-hydroxylation sites is 1. The number of hydrogen-bond donors (Lipinski definition) is 0. The molecule has 1 nitrogen and oxygen atoms in total. The summed E-state index contributed by atoms with van der Waals surface area (Å²) in [7, 11) is 2.13. The summed E-state index contributed by atoms with van der Waals surface area (Å²) in [5.41, 5.74) is 5.45. The number of rotatable bonds is 4. The van der Waals surface area contributed by atoms with E-state index >= 15 is 0 Å². The molecule has 0 aliphatic heterocycles. The van der Waals surface area contributed by atoms with Crippen LogP contribution in [0.25, 0.3) is 10.9 Å². The predicted octanol–water partition coefficient (Wildman–Crippen LogP) is 6.16. The lowest BCUT2D eigenvalue weighted by atomic mass is 9.86. The quantitative estimate of drug-likeness (QED) is 0.337. The first-order valence-corrected chi connectivity index (χ1v) is 9.63. The molecule has 1 unspecified atom stereocenters. The van der Waals surface area contributed by atoms with E-state index in [0.29, 0.717) is 5.92 Å². The monoisotopic (exact) mass is 437 g/mol. The van der Waals surface area contributed by atoms with Crippen LogP contribution < -0.4 is 0 Å². The molecular formula is C23H20IN. The highest BCUT2D eigenvalue weighted by atomic mass is 127. The Bertz CT molecular complexity index is 984. The van der Waals surface area contributed by atoms with E-state index in [1.807, 2.05) is 0 Å². The third kappa shape index (κ3) is 3.36. The zero-order valence-corrected chi connectivity index (χ0v) is 16.4. The molecule has 0 bridgehead atoms. The zero-order chi connectivity index (χ0) is 17.2. The number of aryl methyl sites for hydroxylation is 1. The molecule has 0 saturated carbocycles. The van der Waals surface area contributed by atoms with Crippen LogP contribution in [0.5, 0.6) is 0 Å². The van der Waals surface area contributed by atoms with Gasteiger partial charge < -0.3 is 4.57 Å². The van der Waals surface area contributed by atoms with Gasteiger partial charge in [0.25, 0.3) is 0 Å². The molecule has 0 spiro atoms. The second-order valence-electron chi connectivity index (χ2n) is 6.50. The van der Waals surface area contributed by atoms with Crippen molar-refractivity contribution < 1.29 is 0 Å². The van der Waals surface area contributed by atoms with Crippen molar-refractivity contribution in [2.75, 3.05) is 0 Å². The van der Waals surface area contributed by atoms with Gasteiger partial charge in [0, 0.05) is 33.6 Å². The van der Waals surface area contributed by atoms with E-state index in [1.54, 1.807) is 0 Å². The van der Waals surface area contributed by atoms with E-state index in [1.165, 1.54) is 31.2 Å². The van der Waals surface area contributed by atoms with Crippen LogP contribution in [0.1, 0.15) is 22.6 Å². The van der Waals surface area contributed by atoms with E-state index in [9.17, 15) is 0 Å². The van der Waals surface area contributed by atoms with Crippen molar-refractivity contribution in [2.45, 2.75) is 12.3 Å². The van der Waals surface area contributed by atoms with Crippen LogP contribution in [0.3, 0.4) is 0 Å². The van der Waals surface area contributed by atoms with Crippen molar-refractivity contribution in [3.8, 4) is 0 Å². The molecular weight excluding hydrogens is 417 g/mol. The van der Waals surface area contributed by atoms with Crippen molar-refractivity contribution >= 4 is 33.5 Å². The minimum Gasteiger partial charge on any atom is -0.350 e. The molecule has 124 valence electrons. The first-order valence-electron chi connectivity index (χ1n) is 8.56. The first-order chi connectivity index (χ1) is 12.2. The second kappa shape index (κ2) is 7.04. The standard InChI is InChI=1S/C23H20IN/c1-25-16-19(21-9-5-6-10-23(21)25)15-22(17-7-3-2-4-8-17)18-11-13-20(24)14-12-18/h2-14,16,22H,15H2,1H3. The largest absolute Gasteiger partial charge is 0.350 e. The summed E-state index contributed by atoms with van der Waals surface area (Å²) in [6, 6.07) is 28.5. The van der Waals surface area contributed by atoms with Gasteiger partial charge in [-0.15, -0.1) is 0 Å². The maximum atomic E-state index is 2.37. The lowest BCUT2D eigenvalue weighted by Crippen LogP contribution is -2.05. The average Bonchev–Trinajstić information content (AvgIpc) is 2.97. The summed E-state index contributed by atoms with van der Waals surface area (Å²) >= 11 is 2.37. The van der Waals surface area contributed by atoms with Crippen molar-refractivity contribution in [1.29, 1.82) is 0 Å². The second-order valence-corrected chi connectivity index (χ2v) is 7.75. The minimum absolute atomic E-state index is 0.365. The average molecular weight is 437 g/mol. The van der Waals surface area contributed by atoms with E-state index in [0.717, 1.165) is 6.42 Å². The summed E-state index contributed by atoms with van der Waals surface area (Å²) in [6.07, 6.45) is 3.29. The van der Waals surface area contributed by atoms with Crippen molar-refractivity contribution in [1.82, 2.24) is 4.57 Å². The highest BCUT2D eigenvalue weighted by Gasteiger charge is 2.17. The molecule has 4 rings (SSSR count). The molecule has 1 heterocycles. The van der Waals surface area contributed by atoms with Crippen LogP contribution in [0, 0.1) is 3.57 Å². The van der Waals surface area contributed by atoms with Crippen LogP contribution in [0.2, 0.25) is 0 Å². The third-order valence-electron chi connectivity index (χ3n) is 4.88. The summed E-state index contributed by atoms with van der Waals surface area (Å²) in [6.45, 7) is 0. The Morgan fingerprint density at radius 1 is 0.800 bits per heavy atom. The molecule has 0 fully saturated rings. The lowest BCUT2D eigenvalue weighted by Gasteiger charge is -2.18. The lowest BCUT2D eigenvalue weighted by molar-refractivity contribution is 0.803. The molecule has 4 aromatic rings. The summed E-state index contributed by atoms with van der Waals surface area (Å²) in [5, 5.41) is 1.36. The van der Waals surface area contributed by atoms with Gasteiger partial charge in [0.1, 0.15) is 0 Å².